The molecule has 0 unspecified atom stereocenters. The van der Waals surface area contributed by atoms with Crippen LogP contribution in [0.25, 0.3) is 10.9 Å². The second-order valence-electron chi connectivity index (χ2n) is 4.69. The summed E-state index contributed by atoms with van der Waals surface area (Å²) in [5.74, 6) is 0.850. The van der Waals surface area contributed by atoms with Gasteiger partial charge in [0.1, 0.15) is 17.9 Å². The number of hydrogen-bond acceptors (Lipinski definition) is 4. The molecule has 1 atom stereocenters. The van der Waals surface area contributed by atoms with E-state index in [1.54, 1.807) is 6.20 Å². The Balaban J connectivity index is 1.56. The van der Waals surface area contributed by atoms with E-state index in [4.69, 9.17) is 9.47 Å². The van der Waals surface area contributed by atoms with E-state index in [1.165, 1.54) is 0 Å². The van der Waals surface area contributed by atoms with Gasteiger partial charge < -0.3 is 14.8 Å². The Morgan fingerprint density at radius 1 is 1.32 bits per heavy atom. The number of hydrogen-bond donors (Lipinski definition) is 1. The molecule has 1 saturated heterocycles. The first-order chi connectivity index (χ1) is 9.43. The number of benzene rings is 1. The number of nitrogens with zero attached hydrogens (tertiary/aromatic N) is 1. The maximum atomic E-state index is 5.81. The molecule has 19 heavy (non-hydrogen) atoms. The molecule has 2 aromatic rings. The summed E-state index contributed by atoms with van der Waals surface area (Å²) in [4.78, 5) is 4.37. The third kappa shape index (κ3) is 3.03. The van der Waals surface area contributed by atoms with Crippen molar-refractivity contribution < 1.29 is 9.47 Å². The molecule has 1 aromatic heterocycles. The molecular weight excluding hydrogens is 240 g/mol. The highest BCUT2D eigenvalue weighted by Gasteiger charge is 2.14. The van der Waals surface area contributed by atoms with E-state index in [2.05, 4.69) is 10.3 Å². The van der Waals surface area contributed by atoms with E-state index in [0.29, 0.717) is 12.6 Å². The van der Waals surface area contributed by atoms with Crippen LogP contribution in [0.15, 0.2) is 36.5 Å². The van der Waals surface area contributed by atoms with E-state index in [9.17, 15) is 0 Å². The number of ether oxygens (including phenoxy) is 2. The summed E-state index contributed by atoms with van der Waals surface area (Å²) in [5.41, 5.74) is 0.925. The minimum atomic E-state index is 0.481. The first kappa shape index (κ1) is 12.4. The monoisotopic (exact) mass is 258 g/mol. The van der Waals surface area contributed by atoms with Gasteiger partial charge in [-0.3, -0.25) is 4.98 Å². The molecule has 4 nitrogen and oxygen atoms in total. The quantitative estimate of drug-likeness (QED) is 0.833. The van der Waals surface area contributed by atoms with Gasteiger partial charge in [0.05, 0.1) is 6.61 Å². The minimum absolute atomic E-state index is 0.481. The van der Waals surface area contributed by atoms with E-state index >= 15 is 0 Å². The Hall–Kier alpha value is -1.65. The lowest BCUT2D eigenvalue weighted by Crippen LogP contribution is -2.32. The van der Waals surface area contributed by atoms with E-state index < -0.39 is 0 Å². The highest BCUT2D eigenvalue weighted by molar-refractivity contribution is 5.84. The summed E-state index contributed by atoms with van der Waals surface area (Å²) in [6.45, 7) is 3.16. The van der Waals surface area contributed by atoms with Crippen LogP contribution >= 0.6 is 0 Å². The molecule has 0 radical (unpaired) electrons. The van der Waals surface area contributed by atoms with Gasteiger partial charge >= 0.3 is 0 Å². The van der Waals surface area contributed by atoms with Gasteiger partial charge in [-0.15, -0.1) is 0 Å². The normalized spacial score (nSPS) is 18.8. The highest BCUT2D eigenvalue weighted by atomic mass is 16.5. The average Bonchev–Trinajstić information content (AvgIpc) is 2.97. The Morgan fingerprint density at radius 3 is 3.16 bits per heavy atom. The maximum absolute atomic E-state index is 5.81. The van der Waals surface area contributed by atoms with Crippen LogP contribution in [0.1, 0.15) is 6.42 Å². The van der Waals surface area contributed by atoms with Crippen molar-refractivity contribution in [1.29, 1.82) is 0 Å². The molecular formula is C15H18N2O2. The fraction of sp³-hybridized carbons (Fsp3) is 0.400. The molecule has 0 bridgehead atoms. The lowest BCUT2D eigenvalue weighted by atomic mass is 10.2. The molecule has 1 aliphatic rings. The molecule has 1 aliphatic heterocycles. The summed E-state index contributed by atoms with van der Waals surface area (Å²) in [6.07, 6.45) is 2.89. The summed E-state index contributed by atoms with van der Waals surface area (Å²) >= 11 is 0. The fourth-order valence-electron chi connectivity index (χ4n) is 2.31. The molecule has 1 aromatic carbocycles. The molecule has 1 fully saturated rings. The SMILES string of the molecule is c1cnc2c(OCCN[C@H]3CCOC3)cccc2c1. The van der Waals surface area contributed by atoms with Crippen molar-refractivity contribution in [2.24, 2.45) is 0 Å². The van der Waals surface area contributed by atoms with Crippen LogP contribution in [0, 0.1) is 0 Å². The van der Waals surface area contributed by atoms with E-state index in [-0.39, 0.29) is 0 Å². The van der Waals surface area contributed by atoms with Crippen molar-refractivity contribution in [1.82, 2.24) is 10.3 Å². The number of pyridine rings is 1. The minimum Gasteiger partial charge on any atom is -0.490 e. The van der Waals surface area contributed by atoms with Crippen molar-refractivity contribution in [3.05, 3.63) is 36.5 Å². The van der Waals surface area contributed by atoms with Crippen LogP contribution in [0.5, 0.6) is 5.75 Å². The zero-order chi connectivity index (χ0) is 12.9. The van der Waals surface area contributed by atoms with Gasteiger partial charge in [-0.1, -0.05) is 18.2 Å². The van der Waals surface area contributed by atoms with Crippen LogP contribution in [0.4, 0.5) is 0 Å². The molecule has 1 N–H and O–H groups in total. The number of rotatable bonds is 5. The highest BCUT2D eigenvalue weighted by Crippen LogP contribution is 2.22. The molecule has 0 saturated carbocycles. The smallest absolute Gasteiger partial charge is 0.145 e. The van der Waals surface area contributed by atoms with Crippen LogP contribution in [-0.2, 0) is 4.74 Å². The standard InChI is InChI=1S/C15H18N2O2/c1-3-12-4-2-7-17-15(12)14(5-1)19-10-8-16-13-6-9-18-11-13/h1-5,7,13,16H,6,8-11H2/t13-/m0/s1. The van der Waals surface area contributed by atoms with Gasteiger partial charge in [-0.25, -0.2) is 0 Å². The van der Waals surface area contributed by atoms with Gasteiger partial charge in [-0.2, -0.15) is 0 Å². The predicted molar refractivity (Wildman–Crippen MR) is 74.5 cm³/mol. The second kappa shape index (κ2) is 5.99. The van der Waals surface area contributed by atoms with Gasteiger partial charge in [0.2, 0.25) is 0 Å². The van der Waals surface area contributed by atoms with E-state index in [1.807, 2.05) is 30.3 Å². The lowest BCUT2D eigenvalue weighted by molar-refractivity contribution is 0.188. The largest absolute Gasteiger partial charge is 0.490 e. The Bertz CT molecular complexity index is 533. The van der Waals surface area contributed by atoms with Crippen molar-refractivity contribution in [2.75, 3.05) is 26.4 Å². The Labute approximate surface area is 112 Å². The van der Waals surface area contributed by atoms with Crippen molar-refractivity contribution >= 4 is 10.9 Å². The first-order valence-electron chi connectivity index (χ1n) is 6.71. The molecule has 0 aliphatic carbocycles. The molecule has 0 amide bonds. The van der Waals surface area contributed by atoms with Gasteiger partial charge in [0.15, 0.2) is 0 Å². The predicted octanol–water partition coefficient (Wildman–Crippen LogP) is 1.99. The molecule has 0 spiro atoms. The van der Waals surface area contributed by atoms with Gasteiger partial charge in [0, 0.05) is 30.8 Å². The lowest BCUT2D eigenvalue weighted by Gasteiger charge is -2.12. The van der Waals surface area contributed by atoms with Crippen LogP contribution in [-0.4, -0.2) is 37.4 Å². The molecule has 100 valence electrons. The molecule has 3 rings (SSSR count). The number of para-hydroxylation sites is 1. The van der Waals surface area contributed by atoms with Crippen LogP contribution in [0.2, 0.25) is 0 Å². The average molecular weight is 258 g/mol. The number of fused-ring (bicyclic) bond motifs is 1. The van der Waals surface area contributed by atoms with Crippen molar-refractivity contribution in [2.45, 2.75) is 12.5 Å². The topological polar surface area (TPSA) is 43.4 Å². The summed E-state index contributed by atoms with van der Waals surface area (Å²) < 4.78 is 11.1. The van der Waals surface area contributed by atoms with Crippen LogP contribution < -0.4 is 10.1 Å². The fourth-order valence-corrected chi connectivity index (χ4v) is 2.31. The third-order valence-electron chi connectivity index (χ3n) is 3.32. The maximum Gasteiger partial charge on any atom is 0.145 e. The third-order valence-corrected chi connectivity index (χ3v) is 3.32. The number of nitrogens with one attached hydrogen (secondary N) is 1. The summed E-state index contributed by atoms with van der Waals surface area (Å²) in [7, 11) is 0. The van der Waals surface area contributed by atoms with Crippen molar-refractivity contribution in [3.63, 3.8) is 0 Å². The van der Waals surface area contributed by atoms with Gasteiger partial charge in [0.25, 0.3) is 0 Å². The Kier molecular flexibility index (Phi) is 3.91. The summed E-state index contributed by atoms with van der Waals surface area (Å²) in [6, 6.07) is 10.5. The van der Waals surface area contributed by atoms with E-state index in [0.717, 1.165) is 42.8 Å². The number of aromatic nitrogens is 1. The first-order valence-corrected chi connectivity index (χ1v) is 6.71. The van der Waals surface area contributed by atoms with Crippen molar-refractivity contribution in [3.8, 4) is 5.75 Å². The zero-order valence-corrected chi connectivity index (χ0v) is 10.8. The zero-order valence-electron chi connectivity index (χ0n) is 10.8. The summed E-state index contributed by atoms with van der Waals surface area (Å²) in [5, 5.41) is 4.54. The molecule has 4 heteroatoms. The van der Waals surface area contributed by atoms with Crippen LogP contribution in [0.3, 0.4) is 0 Å². The molecule has 2 heterocycles. The van der Waals surface area contributed by atoms with Gasteiger partial charge in [-0.05, 0) is 18.6 Å². The second-order valence-corrected chi connectivity index (χ2v) is 4.69. The Morgan fingerprint density at radius 2 is 2.26 bits per heavy atom.